The highest BCUT2D eigenvalue weighted by Gasteiger charge is 2.18. The van der Waals surface area contributed by atoms with Crippen molar-refractivity contribution in [2.24, 2.45) is 10.7 Å². The van der Waals surface area contributed by atoms with Crippen LogP contribution in [0.4, 0.5) is 10.1 Å². The normalized spacial score (nSPS) is 15.2. The lowest BCUT2D eigenvalue weighted by molar-refractivity contribution is 0.281. The third kappa shape index (κ3) is 4.84. The molecule has 3 rings (SSSR count). The minimum atomic E-state index is -0.219. The molecule has 0 aliphatic carbocycles. The second-order valence-electron chi connectivity index (χ2n) is 5.33. The van der Waals surface area contributed by atoms with Crippen LogP contribution in [-0.4, -0.2) is 11.9 Å². The van der Waals surface area contributed by atoms with Crippen molar-refractivity contribution in [2.45, 2.75) is 26.1 Å². The van der Waals surface area contributed by atoms with Gasteiger partial charge < -0.3 is 15.8 Å². The molecule has 4 nitrogen and oxygen atoms in total. The van der Waals surface area contributed by atoms with Gasteiger partial charge in [0.15, 0.2) is 6.10 Å². The Hall–Kier alpha value is -1.82. The highest BCUT2D eigenvalue weighted by molar-refractivity contribution is 5.89. The number of benzene rings is 2. The van der Waals surface area contributed by atoms with Crippen LogP contribution in [0.15, 0.2) is 47.5 Å². The van der Waals surface area contributed by atoms with Crippen LogP contribution in [0.5, 0.6) is 5.75 Å². The van der Waals surface area contributed by atoms with Gasteiger partial charge in [0.1, 0.15) is 23.1 Å². The zero-order valence-corrected chi connectivity index (χ0v) is 14.8. The Balaban J connectivity index is 0.00000144. The summed E-state index contributed by atoms with van der Waals surface area (Å²) in [5.74, 6) is 1.02. The maximum Gasteiger partial charge on any atom is 0.153 e. The predicted octanol–water partition coefficient (Wildman–Crippen LogP) is 3.73. The Morgan fingerprint density at radius 1 is 1.08 bits per heavy atom. The number of ether oxygens (including phenoxy) is 1. The van der Waals surface area contributed by atoms with Gasteiger partial charge in [0, 0.05) is 13.1 Å². The summed E-state index contributed by atoms with van der Waals surface area (Å²) in [6, 6.07) is 12.4. The zero-order chi connectivity index (χ0) is 15.5. The summed E-state index contributed by atoms with van der Waals surface area (Å²) in [6.07, 6.45) is -0.185. The quantitative estimate of drug-likeness (QED) is 0.860. The predicted molar refractivity (Wildman–Crippen MR) is 99.3 cm³/mol. The van der Waals surface area contributed by atoms with E-state index >= 15 is 0 Å². The average Bonchev–Trinajstić information content (AvgIpc) is 2.51. The van der Waals surface area contributed by atoms with Gasteiger partial charge in [-0.3, -0.25) is 0 Å². The monoisotopic (exact) mass is 371 g/mol. The minimum Gasteiger partial charge on any atom is -0.481 e. The van der Waals surface area contributed by atoms with E-state index in [2.05, 4.69) is 10.3 Å². The molecule has 1 unspecified atom stereocenters. The molecule has 1 aliphatic rings. The highest BCUT2D eigenvalue weighted by Crippen LogP contribution is 2.32. The molecule has 2 aromatic carbocycles. The maximum atomic E-state index is 12.8. The van der Waals surface area contributed by atoms with Gasteiger partial charge in [0.05, 0.1) is 0 Å². The fourth-order valence-corrected chi connectivity index (χ4v) is 2.29. The molecular weight excluding hydrogens is 352 g/mol. The molecule has 0 amide bonds. The fraction of sp³-hybridized carbons (Fsp3) is 0.235. The molecular formula is C17H20Cl2FN3O. The first-order valence-electron chi connectivity index (χ1n) is 7.20. The van der Waals surface area contributed by atoms with Crippen molar-refractivity contribution in [1.82, 2.24) is 5.32 Å². The Labute approximate surface area is 153 Å². The van der Waals surface area contributed by atoms with E-state index in [1.807, 2.05) is 25.1 Å². The number of amidine groups is 1. The van der Waals surface area contributed by atoms with Gasteiger partial charge in [-0.2, -0.15) is 0 Å². The van der Waals surface area contributed by atoms with E-state index in [9.17, 15) is 4.39 Å². The summed E-state index contributed by atoms with van der Waals surface area (Å²) in [5, 5.41) is 3.32. The number of halogens is 3. The maximum absolute atomic E-state index is 12.8. The summed E-state index contributed by atoms with van der Waals surface area (Å²) < 4.78 is 18.5. The second kappa shape index (κ2) is 8.87. The fourth-order valence-electron chi connectivity index (χ4n) is 2.29. The van der Waals surface area contributed by atoms with Gasteiger partial charge in [0.25, 0.3) is 0 Å². The van der Waals surface area contributed by atoms with Crippen molar-refractivity contribution >= 4 is 36.3 Å². The lowest BCUT2D eigenvalue weighted by atomic mass is 10.1. The number of nitrogens with two attached hydrogens (primary N) is 1. The minimum absolute atomic E-state index is 0. The summed E-state index contributed by atoms with van der Waals surface area (Å²) in [6.45, 7) is 3.24. The summed E-state index contributed by atoms with van der Waals surface area (Å²) in [4.78, 5) is 4.36. The van der Waals surface area contributed by atoms with Crippen molar-refractivity contribution in [2.75, 3.05) is 0 Å². The van der Waals surface area contributed by atoms with Crippen molar-refractivity contribution in [3.8, 4) is 5.75 Å². The molecule has 7 heteroatoms. The van der Waals surface area contributed by atoms with Crippen LogP contribution in [0.25, 0.3) is 0 Å². The van der Waals surface area contributed by atoms with Crippen LogP contribution in [0, 0.1) is 5.82 Å². The molecule has 0 saturated carbocycles. The summed E-state index contributed by atoms with van der Waals surface area (Å²) in [5.41, 5.74) is 8.70. The van der Waals surface area contributed by atoms with Gasteiger partial charge >= 0.3 is 0 Å². The van der Waals surface area contributed by atoms with E-state index in [4.69, 9.17) is 10.5 Å². The van der Waals surface area contributed by atoms with Gasteiger partial charge in [-0.25, -0.2) is 9.38 Å². The topological polar surface area (TPSA) is 59.6 Å². The molecule has 3 N–H and O–H groups in total. The van der Waals surface area contributed by atoms with Crippen molar-refractivity contribution < 1.29 is 9.13 Å². The van der Waals surface area contributed by atoms with E-state index in [-0.39, 0.29) is 36.7 Å². The molecule has 1 heterocycles. The van der Waals surface area contributed by atoms with Gasteiger partial charge in [-0.1, -0.05) is 18.2 Å². The van der Waals surface area contributed by atoms with Crippen molar-refractivity contribution in [3.05, 3.63) is 59.4 Å². The second-order valence-corrected chi connectivity index (χ2v) is 5.33. The summed E-state index contributed by atoms with van der Waals surface area (Å²) >= 11 is 0. The molecule has 0 bridgehead atoms. The van der Waals surface area contributed by atoms with Crippen molar-refractivity contribution in [1.29, 1.82) is 0 Å². The van der Waals surface area contributed by atoms with Crippen LogP contribution >= 0.6 is 24.8 Å². The molecule has 24 heavy (non-hydrogen) atoms. The van der Waals surface area contributed by atoms with Crippen LogP contribution in [0.1, 0.15) is 18.1 Å². The molecule has 0 spiro atoms. The molecule has 1 atom stereocenters. The Kier molecular flexibility index (Phi) is 7.48. The highest BCUT2D eigenvalue weighted by atomic mass is 35.5. The van der Waals surface area contributed by atoms with Crippen molar-refractivity contribution in [3.63, 3.8) is 0 Å². The van der Waals surface area contributed by atoms with E-state index in [1.54, 1.807) is 12.1 Å². The lowest BCUT2D eigenvalue weighted by Gasteiger charge is -2.21. The van der Waals surface area contributed by atoms with Gasteiger partial charge in [0.2, 0.25) is 0 Å². The number of aliphatic imine (C=N–C) groups is 1. The molecule has 0 saturated heterocycles. The number of rotatable bonds is 4. The van der Waals surface area contributed by atoms with Crippen LogP contribution in [0.2, 0.25) is 0 Å². The van der Waals surface area contributed by atoms with E-state index in [0.717, 1.165) is 22.6 Å². The molecule has 1 aliphatic heterocycles. The first kappa shape index (κ1) is 20.2. The first-order valence-corrected chi connectivity index (χ1v) is 7.20. The third-order valence-corrected chi connectivity index (χ3v) is 3.56. The zero-order valence-electron chi connectivity index (χ0n) is 13.2. The number of hydrogen-bond donors (Lipinski definition) is 2. The Morgan fingerprint density at radius 3 is 2.42 bits per heavy atom. The van der Waals surface area contributed by atoms with Gasteiger partial charge in [-0.15, -0.1) is 24.8 Å². The molecule has 130 valence electrons. The van der Waals surface area contributed by atoms with Crippen LogP contribution in [0.3, 0.4) is 0 Å². The first-order chi connectivity index (χ1) is 10.6. The van der Waals surface area contributed by atoms with Crippen LogP contribution in [-0.2, 0) is 13.1 Å². The van der Waals surface area contributed by atoms with Crippen LogP contribution < -0.4 is 15.8 Å². The Morgan fingerprint density at radius 2 is 1.71 bits per heavy atom. The Bertz CT molecular complexity index is 707. The number of fused-ring (bicyclic) bond motifs is 1. The summed E-state index contributed by atoms with van der Waals surface area (Å²) in [7, 11) is 0. The smallest absolute Gasteiger partial charge is 0.153 e. The SMILES string of the molecule is CC1Oc2ccc(CNCc3ccc(F)cc3)cc2N=C1N.Cl.Cl. The standard InChI is InChI=1S/C17H18FN3O.2ClH/c1-11-17(19)21-15-8-13(4-7-16(15)22-11)10-20-9-12-2-5-14(18)6-3-12;;/h2-8,11,20H,9-10H2,1H3,(H2,19,21);2*1H. The van der Waals surface area contributed by atoms with E-state index < -0.39 is 0 Å². The average molecular weight is 372 g/mol. The third-order valence-electron chi connectivity index (χ3n) is 3.56. The van der Waals surface area contributed by atoms with Gasteiger partial charge in [-0.05, 0) is 42.3 Å². The lowest BCUT2D eigenvalue weighted by Crippen LogP contribution is -2.33. The molecule has 0 radical (unpaired) electrons. The van der Waals surface area contributed by atoms with E-state index in [1.165, 1.54) is 12.1 Å². The number of nitrogens with one attached hydrogen (secondary N) is 1. The van der Waals surface area contributed by atoms with E-state index in [0.29, 0.717) is 18.9 Å². The molecule has 0 aromatic heterocycles. The largest absolute Gasteiger partial charge is 0.481 e. The number of hydrogen-bond acceptors (Lipinski definition) is 4. The molecule has 0 fully saturated rings. The number of nitrogens with zero attached hydrogens (tertiary/aromatic N) is 1. The molecule has 2 aromatic rings.